The molecule has 3 aromatic carbocycles. The highest BCUT2D eigenvalue weighted by Crippen LogP contribution is 2.62. The summed E-state index contributed by atoms with van der Waals surface area (Å²) in [5.74, 6) is -0.363. The molecule has 0 bridgehead atoms. The Bertz CT molecular complexity index is 2420. The number of oxime groups is 1. The Morgan fingerprint density at radius 1 is 0.968 bits per heavy atom. The van der Waals surface area contributed by atoms with Gasteiger partial charge in [0.2, 0.25) is 15.8 Å². The molecule has 1 saturated carbocycles. The predicted octanol–water partition coefficient (Wildman–Crippen LogP) is 10.2. The highest BCUT2D eigenvalue weighted by Gasteiger charge is 2.66. The minimum absolute atomic E-state index is 0.0113. The Labute approximate surface area is 373 Å². The zero-order valence-corrected chi connectivity index (χ0v) is 38.6. The Morgan fingerprint density at radius 2 is 1.70 bits per heavy atom. The van der Waals surface area contributed by atoms with E-state index in [4.69, 9.17) is 24.2 Å². The molecule has 7 rings (SSSR count). The lowest BCUT2D eigenvalue weighted by molar-refractivity contribution is -0.251. The molecule has 3 aliphatic rings. The van der Waals surface area contributed by atoms with Crippen LogP contribution in [0.5, 0.6) is 17.2 Å². The largest absolute Gasteiger partial charge is 0.460 e. The maximum atomic E-state index is 15.6. The fourth-order valence-corrected chi connectivity index (χ4v) is 11.8. The van der Waals surface area contributed by atoms with Gasteiger partial charge in [-0.3, -0.25) is 4.98 Å². The van der Waals surface area contributed by atoms with Crippen molar-refractivity contribution in [1.82, 2.24) is 9.29 Å². The van der Waals surface area contributed by atoms with Crippen LogP contribution < -0.4 is 9.47 Å². The number of sulfonamides is 1. The van der Waals surface area contributed by atoms with Crippen molar-refractivity contribution in [1.29, 1.82) is 0 Å². The summed E-state index contributed by atoms with van der Waals surface area (Å²) in [6.45, 7) is 16.4. The molecule has 1 aromatic heterocycles. The van der Waals surface area contributed by atoms with Crippen molar-refractivity contribution in [2.24, 2.45) is 22.9 Å². The van der Waals surface area contributed by atoms with Crippen LogP contribution >= 0.6 is 0 Å². The molecule has 0 spiro atoms. The van der Waals surface area contributed by atoms with Gasteiger partial charge in [0.1, 0.15) is 27.7 Å². The topological polar surface area (TPSA) is 140 Å². The van der Waals surface area contributed by atoms with E-state index < -0.39 is 33.4 Å². The number of hydrogen-bond acceptors (Lipinski definition) is 10. The molecule has 12 heteroatoms. The Morgan fingerprint density at radius 3 is 2.41 bits per heavy atom. The van der Waals surface area contributed by atoms with Gasteiger partial charge in [-0.15, -0.1) is 6.58 Å². The lowest BCUT2D eigenvalue weighted by Gasteiger charge is -2.59. The fourth-order valence-electron chi connectivity index (χ4n) is 9.87. The molecule has 2 N–H and O–H groups in total. The van der Waals surface area contributed by atoms with Gasteiger partial charge in [0.15, 0.2) is 0 Å². The van der Waals surface area contributed by atoms with E-state index in [0.717, 1.165) is 48.1 Å². The molecular weight excluding hydrogens is 815 g/mol. The zero-order chi connectivity index (χ0) is 44.9. The Hall–Kier alpha value is -4.59. The molecular formula is C51H65N3O8S. The summed E-state index contributed by atoms with van der Waals surface area (Å²) in [6, 6.07) is 20.0. The third kappa shape index (κ3) is 9.61. The van der Waals surface area contributed by atoms with Crippen molar-refractivity contribution in [2.45, 2.75) is 121 Å². The quantitative estimate of drug-likeness (QED) is 0.0535. The molecule has 0 amide bonds. The Balaban J connectivity index is 1.50. The van der Waals surface area contributed by atoms with Gasteiger partial charge < -0.3 is 29.3 Å². The van der Waals surface area contributed by atoms with Crippen LogP contribution in [0.4, 0.5) is 0 Å². The minimum atomic E-state index is -4.28. The van der Waals surface area contributed by atoms with E-state index >= 15 is 8.42 Å². The highest BCUT2D eigenvalue weighted by molar-refractivity contribution is 7.89. The number of benzene rings is 3. The van der Waals surface area contributed by atoms with E-state index in [0.29, 0.717) is 47.4 Å². The summed E-state index contributed by atoms with van der Waals surface area (Å²) < 4.78 is 53.8. The first-order valence-electron chi connectivity index (χ1n) is 22.6. The predicted molar refractivity (Wildman–Crippen MR) is 248 cm³/mol. The van der Waals surface area contributed by atoms with Crippen LogP contribution in [0.3, 0.4) is 0 Å². The zero-order valence-electron chi connectivity index (χ0n) is 37.8. The summed E-state index contributed by atoms with van der Waals surface area (Å²) in [4.78, 5) is 11.0. The maximum absolute atomic E-state index is 15.6. The number of aryl methyl sites for hydroxylation is 2. The van der Waals surface area contributed by atoms with Crippen molar-refractivity contribution in [3.8, 4) is 17.2 Å². The van der Waals surface area contributed by atoms with Crippen LogP contribution in [0.2, 0.25) is 0 Å². The second kappa shape index (κ2) is 19.7. The van der Waals surface area contributed by atoms with Crippen molar-refractivity contribution >= 4 is 26.6 Å². The van der Waals surface area contributed by atoms with Crippen LogP contribution in [0.15, 0.2) is 107 Å². The third-order valence-electron chi connectivity index (χ3n) is 12.8. The summed E-state index contributed by atoms with van der Waals surface area (Å²) in [7, 11) is -4.28. The van der Waals surface area contributed by atoms with Crippen LogP contribution in [-0.2, 0) is 19.6 Å². The van der Waals surface area contributed by atoms with E-state index in [9.17, 15) is 10.2 Å². The molecule has 6 unspecified atom stereocenters. The number of hydrogen-bond donors (Lipinski definition) is 2. The molecule has 0 saturated heterocycles. The van der Waals surface area contributed by atoms with Crippen LogP contribution in [0.25, 0.3) is 10.9 Å². The number of allylic oxidation sites excluding steroid dienone is 1. The number of unbranched alkanes of at least 4 members (excludes halogenated alkanes) is 2. The van der Waals surface area contributed by atoms with Crippen LogP contribution in [-0.4, -0.2) is 77.4 Å². The van der Waals surface area contributed by atoms with Gasteiger partial charge in [-0.1, -0.05) is 61.3 Å². The van der Waals surface area contributed by atoms with Crippen molar-refractivity contribution in [3.63, 3.8) is 0 Å². The first-order chi connectivity index (χ1) is 30.3. The van der Waals surface area contributed by atoms with Gasteiger partial charge in [0.25, 0.3) is 0 Å². The lowest BCUT2D eigenvalue weighted by atomic mass is 9.55. The average molecular weight is 880 g/mol. The number of rotatable bonds is 19. The lowest BCUT2D eigenvalue weighted by Crippen LogP contribution is -2.70. The minimum Gasteiger partial charge on any atom is -0.460 e. The number of para-hydroxylation sites is 1. The monoisotopic (exact) mass is 879 g/mol. The molecule has 1 fully saturated rings. The number of fused-ring (bicyclic) bond motifs is 3. The number of ether oxygens (including phenoxy) is 3. The third-order valence-corrected chi connectivity index (χ3v) is 14.7. The van der Waals surface area contributed by atoms with Crippen molar-refractivity contribution in [2.75, 3.05) is 26.4 Å². The second-order valence-corrected chi connectivity index (χ2v) is 20.1. The molecule has 63 heavy (non-hydrogen) atoms. The summed E-state index contributed by atoms with van der Waals surface area (Å²) >= 11 is 0. The van der Waals surface area contributed by atoms with E-state index in [1.54, 1.807) is 34.8 Å². The summed E-state index contributed by atoms with van der Waals surface area (Å²) in [5, 5.41) is 25.6. The number of pyridine rings is 1. The molecule has 338 valence electrons. The average Bonchev–Trinajstić information content (AvgIpc) is 3.26. The van der Waals surface area contributed by atoms with Gasteiger partial charge in [-0.2, -0.15) is 4.31 Å². The van der Waals surface area contributed by atoms with Gasteiger partial charge in [0.05, 0.1) is 29.8 Å². The van der Waals surface area contributed by atoms with Crippen LogP contribution in [0.1, 0.15) is 102 Å². The maximum Gasteiger partial charge on any atom is 0.245 e. The first-order valence-corrected chi connectivity index (χ1v) is 24.1. The van der Waals surface area contributed by atoms with Crippen LogP contribution in [0, 0.1) is 31.6 Å². The van der Waals surface area contributed by atoms with Gasteiger partial charge >= 0.3 is 0 Å². The molecule has 4 aromatic rings. The fraction of sp³-hybridized carbons (Fsp3) is 0.490. The number of aromatic nitrogens is 1. The first kappa shape index (κ1) is 46.4. The van der Waals surface area contributed by atoms with Crippen molar-refractivity contribution < 1.29 is 37.7 Å². The van der Waals surface area contributed by atoms with E-state index in [1.807, 2.05) is 64.1 Å². The standard InChI is InChI=1S/C51H65N3O8S/c1-8-26-54(63(57,58)45-20-14-17-36-18-15-25-52-49(36)45)46-33-43(53-62-50(5,6)7)41-31-37(16-10-12-27-55)40(19-11-13-28-56)47-42-32-39(60-38-22-21-34(3)35(4)30-38)23-24-44(42)61-51(46,48(41)47)59-29-9-2/h9,14-15,17-18,20-25,30-32,37,40,46-48,55-56H,2,8,10-13,16,19,26-29,33H2,1,3-7H3. The van der Waals surface area contributed by atoms with E-state index in [-0.39, 0.29) is 55.4 Å². The molecule has 11 nitrogen and oxygen atoms in total. The highest BCUT2D eigenvalue weighted by atomic mass is 32.2. The molecule has 1 aliphatic heterocycles. The normalized spacial score (nSPS) is 23.8. The Kier molecular flexibility index (Phi) is 14.5. The number of nitrogens with zero attached hydrogens (tertiary/aromatic N) is 3. The van der Waals surface area contributed by atoms with Gasteiger partial charge in [0, 0.05) is 49.2 Å². The van der Waals surface area contributed by atoms with Crippen molar-refractivity contribution in [3.05, 3.63) is 114 Å². The van der Waals surface area contributed by atoms with E-state index in [2.05, 4.69) is 43.6 Å². The van der Waals surface area contributed by atoms with E-state index in [1.165, 1.54) is 5.56 Å². The molecule has 2 aliphatic carbocycles. The second-order valence-electron chi connectivity index (χ2n) is 18.3. The summed E-state index contributed by atoms with van der Waals surface area (Å²) in [5.41, 5.74) is 4.53. The van der Waals surface area contributed by atoms with Gasteiger partial charge in [-0.25, -0.2) is 8.42 Å². The number of aliphatic hydroxyl groups excluding tert-OH is 2. The molecule has 0 radical (unpaired) electrons. The van der Waals surface area contributed by atoms with Gasteiger partial charge in [-0.05, 0) is 138 Å². The number of aliphatic hydroxyl groups is 2. The molecule has 6 atom stereocenters. The SMILES string of the molecule is C=CCOC12Oc3ccc(Oc4ccc(C)c(C)c4)cc3C3C(CCCCO)C(CCCCO)C=C(C(=NOC(C)(C)C)CC1N(CCC)S(=O)(=O)c1cccc4cccnc14)C32. The molecule has 2 heterocycles. The smallest absolute Gasteiger partial charge is 0.245 e. The summed E-state index contributed by atoms with van der Waals surface area (Å²) in [6.07, 6.45) is 10.8.